The van der Waals surface area contributed by atoms with E-state index in [0.29, 0.717) is 4.90 Å². The fourth-order valence-electron chi connectivity index (χ4n) is 1.02. The molecule has 0 saturated heterocycles. The van der Waals surface area contributed by atoms with E-state index in [1.54, 1.807) is 24.3 Å². The third kappa shape index (κ3) is 3.29. The minimum Gasteiger partial charge on any atom is -0.324 e. The van der Waals surface area contributed by atoms with Crippen LogP contribution in [0.1, 0.15) is 18.5 Å². The zero-order valence-electron chi connectivity index (χ0n) is 8.10. The fourth-order valence-corrected chi connectivity index (χ4v) is 1.65. The first-order valence-electron chi connectivity index (χ1n) is 3.97. The lowest BCUT2D eigenvalue weighted by molar-refractivity contribution is 0.602. The number of rotatable bonds is 2. The molecule has 0 aliphatic heterocycles. The second-order valence-corrected chi connectivity index (χ2v) is 5.15. The molecule has 0 unspecified atom stereocenters. The molecular formula is C9H14ClNO2S. The van der Waals surface area contributed by atoms with Crippen LogP contribution >= 0.6 is 12.4 Å². The molecule has 80 valence electrons. The topological polar surface area (TPSA) is 60.2 Å². The van der Waals surface area contributed by atoms with Gasteiger partial charge in [-0.2, -0.15) is 0 Å². The van der Waals surface area contributed by atoms with Crippen molar-refractivity contribution in [1.29, 1.82) is 0 Å². The number of halogens is 1. The zero-order chi connectivity index (χ0) is 10.1. The monoisotopic (exact) mass is 235 g/mol. The molecule has 0 aliphatic rings. The van der Waals surface area contributed by atoms with Crippen molar-refractivity contribution in [2.45, 2.75) is 17.9 Å². The summed E-state index contributed by atoms with van der Waals surface area (Å²) in [5.41, 5.74) is 6.56. The van der Waals surface area contributed by atoms with E-state index >= 15 is 0 Å². The van der Waals surface area contributed by atoms with E-state index in [2.05, 4.69) is 0 Å². The first kappa shape index (κ1) is 13.4. The minimum absolute atomic E-state index is 0. The lowest BCUT2D eigenvalue weighted by Gasteiger charge is -2.05. The highest BCUT2D eigenvalue weighted by atomic mass is 35.5. The second kappa shape index (κ2) is 4.77. The first-order chi connectivity index (χ1) is 5.91. The van der Waals surface area contributed by atoms with Gasteiger partial charge in [-0.05, 0) is 24.6 Å². The SMILES string of the molecule is C[C@@H](N)c1ccc(S(C)(=O)=O)cc1.Cl. The minimum atomic E-state index is -3.09. The number of hydrogen-bond donors (Lipinski definition) is 1. The van der Waals surface area contributed by atoms with Crippen molar-refractivity contribution in [1.82, 2.24) is 0 Å². The van der Waals surface area contributed by atoms with Crippen LogP contribution in [0, 0.1) is 0 Å². The van der Waals surface area contributed by atoms with Crippen LogP contribution in [0.15, 0.2) is 29.2 Å². The maximum Gasteiger partial charge on any atom is 0.175 e. The molecular weight excluding hydrogens is 222 g/mol. The molecule has 0 amide bonds. The van der Waals surface area contributed by atoms with Crippen LogP contribution in [0.25, 0.3) is 0 Å². The van der Waals surface area contributed by atoms with Crippen molar-refractivity contribution in [2.24, 2.45) is 5.73 Å². The Morgan fingerprint density at radius 3 is 1.93 bits per heavy atom. The predicted molar refractivity (Wildman–Crippen MR) is 59.4 cm³/mol. The van der Waals surface area contributed by atoms with Crippen LogP contribution in [0.3, 0.4) is 0 Å². The van der Waals surface area contributed by atoms with Crippen LogP contribution in [0.5, 0.6) is 0 Å². The van der Waals surface area contributed by atoms with Crippen molar-refractivity contribution in [3.05, 3.63) is 29.8 Å². The van der Waals surface area contributed by atoms with Gasteiger partial charge < -0.3 is 5.73 Å². The Morgan fingerprint density at radius 2 is 1.64 bits per heavy atom. The molecule has 1 aromatic rings. The summed E-state index contributed by atoms with van der Waals surface area (Å²) in [5.74, 6) is 0. The molecule has 5 heteroatoms. The molecule has 0 radical (unpaired) electrons. The van der Waals surface area contributed by atoms with E-state index in [4.69, 9.17) is 5.73 Å². The molecule has 0 aromatic heterocycles. The summed E-state index contributed by atoms with van der Waals surface area (Å²) in [7, 11) is -3.09. The van der Waals surface area contributed by atoms with E-state index in [1.807, 2.05) is 6.92 Å². The number of hydrogen-bond acceptors (Lipinski definition) is 3. The summed E-state index contributed by atoms with van der Waals surface area (Å²) in [4.78, 5) is 0.330. The smallest absolute Gasteiger partial charge is 0.175 e. The summed E-state index contributed by atoms with van der Waals surface area (Å²) in [5, 5.41) is 0. The van der Waals surface area contributed by atoms with Crippen molar-refractivity contribution in [3.8, 4) is 0 Å². The van der Waals surface area contributed by atoms with Gasteiger partial charge >= 0.3 is 0 Å². The number of benzene rings is 1. The molecule has 0 heterocycles. The van der Waals surface area contributed by atoms with E-state index in [1.165, 1.54) is 6.26 Å². The van der Waals surface area contributed by atoms with Gasteiger partial charge in [0.05, 0.1) is 4.90 Å². The highest BCUT2D eigenvalue weighted by Gasteiger charge is 2.06. The van der Waals surface area contributed by atoms with Crippen molar-refractivity contribution in [3.63, 3.8) is 0 Å². The summed E-state index contributed by atoms with van der Waals surface area (Å²) in [6.45, 7) is 1.86. The largest absolute Gasteiger partial charge is 0.324 e. The fraction of sp³-hybridized carbons (Fsp3) is 0.333. The Labute approximate surface area is 90.6 Å². The van der Waals surface area contributed by atoms with E-state index < -0.39 is 9.84 Å². The molecule has 3 nitrogen and oxygen atoms in total. The van der Waals surface area contributed by atoms with Gasteiger partial charge in [-0.3, -0.25) is 0 Å². The summed E-state index contributed by atoms with van der Waals surface area (Å²) < 4.78 is 22.2. The average Bonchev–Trinajstić information content (AvgIpc) is 2.03. The average molecular weight is 236 g/mol. The summed E-state index contributed by atoms with van der Waals surface area (Å²) in [6, 6.07) is 6.57. The van der Waals surface area contributed by atoms with Crippen LogP contribution in [0.2, 0.25) is 0 Å². The molecule has 0 spiro atoms. The maximum absolute atomic E-state index is 11.1. The van der Waals surface area contributed by atoms with E-state index in [-0.39, 0.29) is 18.4 Å². The molecule has 0 saturated carbocycles. The van der Waals surface area contributed by atoms with Gasteiger partial charge in [0.15, 0.2) is 9.84 Å². The first-order valence-corrected chi connectivity index (χ1v) is 5.86. The Hall–Kier alpha value is -0.580. The molecule has 1 rings (SSSR count). The Balaban J connectivity index is 0.00000169. The van der Waals surface area contributed by atoms with Crippen LogP contribution in [0.4, 0.5) is 0 Å². The van der Waals surface area contributed by atoms with Gasteiger partial charge in [0.1, 0.15) is 0 Å². The highest BCUT2D eigenvalue weighted by Crippen LogP contribution is 2.13. The predicted octanol–water partition coefficient (Wildman–Crippen LogP) is 1.53. The van der Waals surface area contributed by atoms with Crippen molar-refractivity contribution in [2.75, 3.05) is 6.26 Å². The lowest BCUT2D eigenvalue weighted by Crippen LogP contribution is -2.05. The van der Waals surface area contributed by atoms with Gasteiger partial charge in [-0.1, -0.05) is 12.1 Å². The van der Waals surface area contributed by atoms with Crippen LogP contribution in [-0.4, -0.2) is 14.7 Å². The Kier molecular flexibility index (Phi) is 4.58. The van der Waals surface area contributed by atoms with E-state index in [0.717, 1.165) is 5.56 Å². The highest BCUT2D eigenvalue weighted by molar-refractivity contribution is 7.90. The van der Waals surface area contributed by atoms with Crippen molar-refractivity contribution < 1.29 is 8.42 Å². The van der Waals surface area contributed by atoms with Gasteiger partial charge in [0.25, 0.3) is 0 Å². The van der Waals surface area contributed by atoms with Crippen molar-refractivity contribution >= 4 is 22.2 Å². The van der Waals surface area contributed by atoms with Crippen LogP contribution < -0.4 is 5.73 Å². The Morgan fingerprint density at radius 1 is 1.21 bits per heavy atom. The normalized spacial score (nSPS) is 13.1. The van der Waals surface area contributed by atoms with Gasteiger partial charge in [-0.15, -0.1) is 12.4 Å². The third-order valence-corrected chi connectivity index (χ3v) is 2.96. The maximum atomic E-state index is 11.1. The number of nitrogens with two attached hydrogens (primary N) is 1. The van der Waals surface area contributed by atoms with E-state index in [9.17, 15) is 8.42 Å². The quantitative estimate of drug-likeness (QED) is 0.846. The van der Waals surface area contributed by atoms with Gasteiger partial charge in [0.2, 0.25) is 0 Å². The third-order valence-electron chi connectivity index (χ3n) is 1.83. The molecule has 2 N–H and O–H groups in total. The molecule has 0 bridgehead atoms. The molecule has 14 heavy (non-hydrogen) atoms. The van der Waals surface area contributed by atoms with Gasteiger partial charge in [-0.25, -0.2) is 8.42 Å². The van der Waals surface area contributed by atoms with Gasteiger partial charge in [0, 0.05) is 12.3 Å². The standard InChI is InChI=1S/C9H13NO2S.ClH/c1-7(10)8-3-5-9(6-4-8)13(2,11)12;/h3-7H,10H2,1-2H3;1H/t7-;/m1./s1. The summed E-state index contributed by atoms with van der Waals surface area (Å²) >= 11 is 0. The second-order valence-electron chi connectivity index (χ2n) is 3.13. The molecule has 1 atom stereocenters. The molecule has 0 aliphatic carbocycles. The summed E-state index contributed by atoms with van der Waals surface area (Å²) in [6.07, 6.45) is 1.19. The number of sulfone groups is 1. The Bertz CT molecular complexity index is 384. The zero-order valence-corrected chi connectivity index (χ0v) is 9.73. The molecule has 0 fully saturated rings. The lowest BCUT2D eigenvalue weighted by atomic mass is 10.1. The molecule has 1 aromatic carbocycles. The van der Waals surface area contributed by atoms with Crippen LogP contribution in [-0.2, 0) is 9.84 Å².